The number of methoxy groups -OCH3 is 1. The number of anilines is 1. The van der Waals surface area contributed by atoms with Crippen LogP contribution < -0.4 is 9.64 Å². The van der Waals surface area contributed by atoms with Gasteiger partial charge in [-0.1, -0.05) is 29.8 Å². The summed E-state index contributed by atoms with van der Waals surface area (Å²) in [7, 11) is 1.29. The van der Waals surface area contributed by atoms with Gasteiger partial charge in [-0.3, -0.25) is 14.5 Å². The van der Waals surface area contributed by atoms with Gasteiger partial charge in [-0.05, 0) is 24.3 Å². The number of halogens is 1. The Balaban J connectivity index is 1.70. The molecule has 6 nitrogen and oxygen atoms in total. The lowest BCUT2D eigenvalue weighted by atomic mass is 10.1. The van der Waals surface area contributed by atoms with Gasteiger partial charge in [0.05, 0.1) is 23.5 Å². The van der Waals surface area contributed by atoms with Crippen LogP contribution in [0.1, 0.15) is 0 Å². The van der Waals surface area contributed by atoms with Crippen molar-refractivity contribution < 1.29 is 19.1 Å². The van der Waals surface area contributed by atoms with Gasteiger partial charge in [0.25, 0.3) is 5.91 Å². The summed E-state index contributed by atoms with van der Waals surface area (Å²) >= 11 is 7.75. The van der Waals surface area contributed by atoms with E-state index in [-0.39, 0.29) is 19.1 Å². The van der Waals surface area contributed by atoms with Crippen LogP contribution in [0.25, 0.3) is 21.8 Å². The van der Waals surface area contributed by atoms with E-state index in [9.17, 15) is 9.59 Å². The molecule has 2 heterocycles. The topological polar surface area (TPSA) is 68.7 Å². The third kappa shape index (κ3) is 3.46. The number of nitrogens with zero attached hydrogens (tertiary/aromatic N) is 2. The van der Waals surface area contributed by atoms with Crippen LogP contribution in [0, 0.1) is 0 Å². The van der Waals surface area contributed by atoms with Gasteiger partial charge in [0.1, 0.15) is 17.3 Å². The highest BCUT2D eigenvalue weighted by Crippen LogP contribution is 2.38. The Hall–Kier alpha value is -2.90. The van der Waals surface area contributed by atoms with Crippen molar-refractivity contribution in [1.29, 1.82) is 0 Å². The fourth-order valence-corrected chi connectivity index (χ4v) is 4.04. The average molecular weight is 415 g/mol. The van der Waals surface area contributed by atoms with E-state index >= 15 is 0 Å². The minimum atomic E-state index is -0.499. The minimum absolute atomic E-state index is 0.114. The van der Waals surface area contributed by atoms with E-state index in [1.165, 1.54) is 23.3 Å². The zero-order valence-electron chi connectivity index (χ0n) is 14.8. The molecule has 0 saturated carbocycles. The van der Waals surface area contributed by atoms with E-state index in [2.05, 4.69) is 4.98 Å². The number of esters is 1. The molecular formula is C20H15ClN2O4S. The number of fused-ring (bicyclic) bond motifs is 1. The number of carbonyl (C=O) groups excluding carboxylic acids is 2. The van der Waals surface area contributed by atoms with Crippen LogP contribution in [0.4, 0.5) is 5.69 Å². The summed E-state index contributed by atoms with van der Waals surface area (Å²) in [4.78, 5) is 30.0. The molecule has 1 aromatic heterocycles. The number of benzene rings is 2. The SMILES string of the molecule is COC(=O)CN1C(=O)COc2ccc(-c3csc(-c4ccccc4Cl)n3)cc21. The monoisotopic (exact) mass is 414 g/mol. The minimum Gasteiger partial charge on any atom is -0.482 e. The molecule has 0 atom stereocenters. The fraction of sp³-hybridized carbons (Fsp3) is 0.150. The molecule has 0 unspecified atom stereocenters. The lowest BCUT2D eigenvalue weighted by Gasteiger charge is -2.28. The van der Waals surface area contributed by atoms with Crippen molar-refractivity contribution in [3.8, 4) is 27.6 Å². The van der Waals surface area contributed by atoms with Crippen molar-refractivity contribution in [3.05, 3.63) is 52.9 Å². The molecule has 0 radical (unpaired) electrons. The van der Waals surface area contributed by atoms with Gasteiger partial charge >= 0.3 is 5.97 Å². The predicted molar refractivity (Wildman–Crippen MR) is 108 cm³/mol. The Morgan fingerprint density at radius 3 is 2.93 bits per heavy atom. The maximum absolute atomic E-state index is 12.2. The molecule has 1 aliphatic heterocycles. The van der Waals surface area contributed by atoms with Crippen LogP contribution in [0.15, 0.2) is 47.8 Å². The second-order valence-electron chi connectivity index (χ2n) is 6.04. The van der Waals surface area contributed by atoms with Crippen molar-refractivity contribution in [2.75, 3.05) is 25.2 Å². The number of ether oxygens (including phenoxy) is 2. The molecule has 28 heavy (non-hydrogen) atoms. The van der Waals surface area contributed by atoms with Gasteiger partial charge in [-0.25, -0.2) is 4.98 Å². The quantitative estimate of drug-likeness (QED) is 0.603. The van der Waals surface area contributed by atoms with E-state index in [1.807, 2.05) is 35.7 Å². The van der Waals surface area contributed by atoms with E-state index in [4.69, 9.17) is 21.1 Å². The molecular weight excluding hydrogens is 400 g/mol. The summed E-state index contributed by atoms with van der Waals surface area (Å²) in [5, 5.41) is 3.37. The fourth-order valence-electron chi connectivity index (χ4n) is 2.89. The molecule has 0 spiro atoms. The summed E-state index contributed by atoms with van der Waals surface area (Å²) in [5.41, 5.74) is 2.94. The van der Waals surface area contributed by atoms with Gasteiger partial charge in [-0.2, -0.15) is 0 Å². The predicted octanol–water partition coefficient (Wildman–Crippen LogP) is 4.03. The first kappa shape index (κ1) is 18.5. The van der Waals surface area contributed by atoms with E-state index in [1.54, 1.807) is 12.1 Å². The molecule has 3 aromatic rings. The zero-order valence-corrected chi connectivity index (χ0v) is 16.4. The number of amides is 1. The highest BCUT2D eigenvalue weighted by Gasteiger charge is 2.28. The van der Waals surface area contributed by atoms with Gasteiger partial charge in [0, 0.05) is 16.5 Å². The third-order valence-electron chi connectivity index (χ3n) is 4.32. The number of carbonyl (C=O) groups is 2. The largest absolute Gasteiger partial charge is 0.482 e. The average Bonchev–Trinajstić information content (AvgIpc) is 3.20. The summed E-state index contributed by atoms with van der Waals surface area (Å²) in [6.07, 6.45) is 0. The Labute approximate surface area is 170 Å². The standard InChI is InChI=1S/C20H15ClN2O4S/c1-26-19(25)9-23-16-8-12(6-7-17(16)27-10-18(23)24)15-11-28-20(22-15)13-4-2-3-5-14(13)21/h2-8,11H,9-10H2,1H3. The number of rotatable bonds is 4. The molecule has 0 N–H and O–H groups in total. The molecule has 142 valence electrons. The molecule has 2 aromatic carbocycles. The van der Waals surface area contributed by atoms with Crippen molar-refractivity contribution in [1.82, 2.24) is 4.98 Å². The van der Waals surface area contributed by atoms with Crippen LogP contribution in [0.2, 0.25) is 5.02 Å². The Bertz CT molecular complexity index is 1070. The molecule has 0 saturated heterocycles. The first-order chi connectivity index (χ1) is 13.6. The zero-order chi connectivity index (χ0) is 19.7. The van der Waals surface area contributed by atoms with Crippen molar-refractivity contribution in [2.24, 2.45) is 0 Å². The molecule has 1 amide bonds. The number of aromatic nitrogens is 1. The van der Waals surface area contributed by atoms with E-state index < -0.39 is 5.97 Å². The van der Waals surface area contributed by atoms with Crippen molar-refractivity contribution in [2.45, 2.75) is 0 Å². The Morgan fingerprint density at radius 1 is 1.32 bits per heavy atom. The Morgan fingerprint density at radius 2 is 2.14 bits per heavy atom. The highest BCUT2D eigenvalue weighted by molar-refractivity contribution is 7.13. The Kier molecular flexibility index (Phi) is 5.02. The molecule has 4 rings (SSSR count). The second-order valence-corrected chi connectivity index (χ2v) is 7.31. The van der Waals surface area contributed by atoms with Crippen molar-refractivity contribution >= 4 is 40.5 Å². The molecule has 0 fully saturated rings. The van der Waals surface area contributed by atoms with E-state index in [0.29, 0.717) is 16.5 Å². The summed E-state index contributed by atoms with van der Waals surface area (Å²) in [6.45, 7) is -0.284. The van der Waals surface area contributed by atoms with E-state index in [0.717, 1.165) is 21.8 Å². The molecule has 0 bridgehead atoms. The maximum atomic E-state index is 12.2. The molecule has 8 heteroatoms. The summed E-state index contributed by atoms with van der Waals surface area (Å²) < 4.78 is 10.2. The lowest BCUT2D eigenvalue weighted by molar-refractivity contribution is -0.140. The summed E-state index contributed by atoms with van der Waals surface area (Å²) in [6, 6.07) is 13.0. The number of hydrogen-bond donors (Lipinski definition) is 0. The van der Waals surface area contributed by atoms with Gasteiger partial charge in [-0.15, -0.1) is 11.3 Å². The van der Waals surface area contributed by atoms with Crippen LogP contribution in [0.5, 0.6) is 5.75 Å². The first-order valence-corrected chi connectivity index (χ1v) is 9.67. The summed E-state index contributed by atoms with van der Waals surface area (Å²) in [5.74, 6) is -0.264. The second kappa shape index (κ2) is 7.61. The molecule has 0 aliphatic carbocycles. The van der Waals surface area contributed by atoms with Crippen LogP contribution >= 0.6 is 22.9 Å². The molecule has 1 aliphatic rings. The van der Waals surface area contributed by atoms with Gasteiger partial charge < -0.3 is 9.47 Å². The van der Waals surface area contributed by atoms with Crippen LogP contribution in [0.3, 0.4) is 0 Å². The number of thiazole rings is 1. The van der Waals surface area contributed by atoms with Crippen molar-refractivity contribution in [3.63, 3.8) is 0 Å². The lowest BCUT2D eigenvalue weighted by Crippen LogP contribution is -2.42. The smallest absolute Gasteiger partial charge is 0.325 e. The first-order valence-electron chi connectivity index (χ1n) is 8.41. The van der Waals surface area contributed by atoms with Crippen LogP contribution in [-0.2, 0) is 14.3 Å². The maximum Gasteiger partial charge on any atom is 0.325 e. The number of hydrogen-bond acceptors (Lipinski definition) is 6. The van der Waals surface area contributed by atoms with Crippen LogP contribution in [-0.4, -0.2) is 37.1 Å². The van der Waals surface area contributed by atoms with Gasteiger partial charge in [0.2, 0.25) is 0 Å². The normalized spacial score (nSPS) is 13.1. The third-order valence-corrected chi connectivity index (χ3v) is 5.53. The highest BCUT2D eigenvalue weighted by atomic mass is 35.5. The van der Waals surface area contributed by atoms with Gasteiger partial charge in [0.15, 0.2) is 6.61 Å².